The van der Waals surface area contributed by atoms with Crippen molar-refractivity contribution in [3.63, 3.8) is 0 Å². The molecule has 0 saturated carbocycles. The van der Waals surface area contributed by atoms with Gasteiger partial charge in [0, 0.05) is 22.9 Å². The summed E-state index contributed by atoms with van der Waals surface area (Å²) in [5.74, 6) is 0.881. The molecule has 7 rings (SSSR count). The van der Waals surface area contributed by atoms with Crippen LogP contribution < -0.4 is 9.30 Å². The number of pyridine rings is 2. The van der Waals surface area contributed by atoms with Crippen molar-refractivity contribution in [2.45, 2.75) is 6.92 Å². The number of benzene rings is 4. The fourth-order valence-electron chi connectivity index (χ4n) is 5.60. The zero-order valence-corrected chi connectivity index (χ0v) is 17.7. The maximum absolute atomic E-state index is 5.60. The Morgan fingerprint density at radius 2 is 1.61 bits per heavy atom. The summed E-state index contributed by atoms with van der Waals surface area (Å²) in [7, 11) is 3.90. The first-order valence-corrected chi connectivity index (χ1v) is 10.6. The van der Waals surface area contributed by atoms with Gasteiger partial charge in [-0.1, -0.05) is 36.4 Å². The Kier molecular flexibility index (Phi) is 3.07. The number of ether oxygens (including phenoxy) is 1. The molecule has 3 heterocycles. The summed E-state index contributed by atoms with van der Waals surface area (Å²) in [5.41, 5.74) is 6.34. The first kappa shape index (κ1) is 16.9. The highest BCUT2D eigenvalue weighted by Gasteiger charge is 2.24. The van der Waals surface area contributed by atoms with Crippen molar-refractivity contribution in [3.8, 4) is 5.75 Å². The molecular formula is C28H21N2O+. The molecule has 3 nitrogen and oxygen atoms in total. The third-order valence-corrected chi connectivity index (χ3v) is 7.00. The van der Waals surface area contributed by atoms with Gasteiger partial charge in [-0.2, -0.15) is 0 Å². The van der Waals surface area contributed by atoms with Crippen LogP contribution in [0.4, 0.5) is 0 Å². The van der Waals surface area contributed by atoms with Crippen molar-refractivity contribution in [2.24, 2.45) is 7.05 Å². The normalized spacial score (nSPS) is 12.4. The van der Waals surface area contributed by atoms with Gasteiger partial charge >= 0.3 is 0 Å². The van der Waals surface area contributed by atoms with Gasteiger partial charge in [0.1, 0.15) is 12.8 Å². The molecule has 0 atom stereocenters. The van der Waals surface area contributed by atoms with Crippen molar-refractivity contribution < 1.29 is 9.30 Å². The topological polar surface area (TPSA) is 17.5 Å². The van der Waals surface area contributed by atoms with Crippen molar-refractivity contribution in [2.75, 3.05) is 7.11 Å². The second kappa shape index (κ2) is 5.64. The first-order chi connectivity index (χ1) is 15.2. The number of methoxy groups -OCH3 is 1. The van der Waals surface area contributed by atoms with E-state index in [4.69, 9.17) is 4.74 Å². The van der Waals surface area contributed by atoms with Crippen molar-refractivity contribution in [3.05, 3.63) is 78.5 Å². The molecule has 4 aromatic carbocycles. The van der Waals surface area contributed by atoms with Crippen LogP contribution in [0.5, 0.6) is 5.75 Å². The SMILES string of the molecule is COc1ccc2c3ccc4cc[n+](C)c5c6c(C)c7ccccc7cc6n(c2c1)c3c45. The van der Waals surface area contributed by atoms with Gasteiger partial charge in [-0.05, 0) is 46.8 Å². The van der Waals surface area contributed by atoms with E-state index in [9.17, 15) is 0 Å². The van der Waals surface area contributed by atoms with Gasteiger partial charge in [0.05, 0.1) is 34.4 Å². The molecular weight excluding hydrogens is 380 g/mol. The molecule has 3 aromatic heterocycles. The van der Waals surface area contributed by atoms with E-state index in [2.05, 4.69) is 95.9 Å². The van der Waals surface area contributed by atoms with Gasteiger partial charge < -0.3 is 9.14 Å². The van der Waals surface area contributed by atoms with E-state index in [-0.39, 0.29) is 0 Å². The summed E-state index contributed by atoms with van der Waals surface area (Å²) in [6.07, 6.45) is 2.18. The van der Waals surface area contributed by atoms with Crippen LogP contribution in [0.25, 0.3) is 59.8 Å². The number of aromatic nitrogens is 2. The predicted molar refractivity (Wildman–Crippen MR) is 129 cm³/mol. The zero-order chi connectivity index (χ0) is 20.9. The highest BCUT2D eigenvalue weighted by Crippen LogP contribution is 2.42. The molecule has 0 bridgehead atoms. The molecule has 148 valence electrons. The Hall–Kier alpha value is -3.85. The lowest BCUT2D eigenvalue weighted by molar-refractivity contribution is -0.643. The number of rotatable bonds is 1. The average molecular weight is 401 g/mol. The van der Waals surface area contributed by atoms with Crippen LogP contribution in [0.2, 0.25) is 0 Å². The van der Waals surface area contributed by atoms with Gasteiger partial charge in [-0.25, -0.2) is 4.57 Å². The standard InChI is InChI=1S/C28H21N2O/c1-16-20-7-5-4-6-18(20)14-24-25(16)28-26-17(12-13-29(28)2)8-10-22-21-11-9-19(31-3)15-23(21)30(24)27(22)26/h4-15H,1-3H3/q+1. The summed E-state index contributed by atoms with van der Waals surface area (Å²) in [4.78, 5) is 0. The maximum Gasteiger partial charge on any atom is 0.224 e. The highest BCUT2D eigenvalue weighted by atomic mass is 16.5. The van der Waals surface area contributed by atoms with Crippen LogP contribution in [-0.2, 0) is 7.05 Å². The lowest BCUT2D eigenvalue weighted by atomic mass is 9.96. The number of hydrogen-bond acceptors (Lipinski definition) is 1. The second-order valence-corrected chi connectivity index (χ2v) is 8.54. The minimum absolute atomic E-state index is 0.881. The molecule has 3 heteroatoms. The number of hydrogen-bond donors (Lipinski definition) is 0. The van der Waals surface area contributed by atoms with Crippen LogP contribution in [0.1, 0.15) is 5.56 Å². The van der Waals surface area contributed by atoms with E-state index < -0.39 is 0 Å². The number of nitrogens with zero attached hydrogens (tertiary/aromatic N) is 2. The van der Waals surface area contributed by atoms with Crippen molar-refractivity contribution >= 4 is 59.8 Å². The van der Waals surface area contributed by atoms with Gasteiger partial charge in [-0.15, -0.1) is 0 Å². The first-order valence-electron chi connectivity index (χ1n) is 10.6. The summed E-state index contributed by atoms with van der Waals surface area (Å²) < 4.78 is 10.3. The molecule has 0 aliphatic rings. The van der Waals surface area contributed by atoms with Gasteiger partial charge in [0.15, 0.2) is 6.20 Å². The van der Waals surface area contributed by atoms with E-state index in [0.717, 1.165) is 5.75 Å². The monoisotopic (exact) mass is 401 g/mol. The predicted octanol–water partition coefficient (Wildman–Crippen LogP) is 6.28. The second-order valence-electron chi connectivity index (χ2n) is 8.54. The molecule has 0 unspecified atom stereocenters. The molecule has 0 fully saturated rings. The smallest absolute Gasteiger partial charge is 0.224 e. The molecule has 0 spiro atoms. The van der Waals surface area contributed by atoms with E-state index in [1.54, 1.807) is 7.11 Å². The average Bonchev–Trinajstić information content (AvgIpc) is 3.14. The molecule has 0 saturated heterocycles. The van der Waals surface area contributed by atoms with Gasteiger partial charge in [-0.3, -0.25) is 0 Å². The largest absolute Gasteiger partial charge is 0.497 e. The molecule has 31 heavy (non-hydrogen) atoms. The molecule has 0 radical (unpaired) electrons. The Morgan fingerprint density at radius 1 is 0.774 bits per heavy atom. The minimum atomic E-state index is 0.881. The highest BCUT2D eigenvalue weighted by molar-refractivity contribution is 6.28. The molecule has 0 aliphatic carbocycles. The summed E-state index contributed by atoms with van der Waals surface area (Å²) in [5, 5.41) is 9.03. The van der Waals surface area contributed by atoms with Crippen LogP contribution in [-0.4, -0.2) is 11.5 Å². The van der Waals surface area contributed by atoms with Crippen molar-refractivity contribution in [1.29, 1.82) is 0 Å². The van der Waals surface area contributed by atoms with Crippen LogP contribution in [0.3, 0.4) is 0 Å². The van der Waals surface area contributed by atoms with E-state index in [0.29, 0.717) is 0 Å². The fraction of sp³-hybridized carbons (Fsp3) is 0.107. The summed E-state index contributed by atoms with van der Waals surface area (Å²) in [6, 6.07) is 24.2. The minimum Gasteiger partial charge on any atom is -0.497 e. The molecule has 0 N–H and O–H groups in total. The molecule has 7 aromatic rings. The Balaban J connectivity index is 1.94. The summed E-state index contributed by atoms with van der Waals surface area (Å²) in [6.45, 7) is 2.26. The zero-order valence-electron chi connectivity index (χ0n) is 17.7. The fourth-order valence-corrected chi connectivity index (χ4v) is 5.60. The Labute approximate surface area is 179 Å². The lowest BCUT2D eigenvalue weighted by Crippen LogP contribution is -2.28. The lowest BCUT2D eigenvalue weighted by Gasteiger charge is -2.14. The Bertz CT molecular complexity index is 1840. The quantitative estimate of drug-likeness (QED) is 0.180. The van der Waals surface area contributed by atoms with Crippen molar-refractivity contribution in [1.82, 2.24) is 4.40 Å². The van der Waals surface area contributed by atoms with Crippen LogP contribution in [0, 0.1) is 6.92 Å². The van der Waals surface area contributed by atoms with Crippen LogP contribution in [0.15, 0.2) is 72.9 Å². The number of aryl methyl sites for hydroxylation is 2. The maximum atomic E-state index is 5.60. The Morgan fingerprint density at radius 3 is 2.48 bits per heavy atom. The third-order valence-electron chi connectivity index (χ3n) is 7.00. The van der Waals surface area contributed by atoms with E-state index >= 15 is 0 Å². The third kappa shape index (κ3) is 1.96. The number of fused-ring (bicyclic) bond motifs is 7. The molecule has 0 amide bonds. The van der Waals surface area contributed by atoms with E-state index in [1.807, 2.05) is 0 Å². The summed E-state index contributed by atoms with van der Waals surface area (Å²) >= 11 is 0. The van der Waals surface area contributed by atoms with Crippen LogP contribution >= 0.6 is 0 Å². The van der Waals surface area contributed by atoms with Gasteiger partial charge in [0.25, 0.3) is 0 Å². The van der Waals surface area contributed by atoms with Gasteiger partial charge in [0.2, 0.25) is 5.52 Å². The van der Waals surface area contributed by atoms with E-state index in [1.165, 1.54) is 65.3 Å². The molecule has 0 aliphatic heterocycles.